The second kappa shape index (κ2) is 12.2. The first-order valence-electron chi connectivity index (χ1n) is 5.88. The lowest BCUT2D eigenvalue weighted by Crippen LogP contribution is -2.06. The number of hydrogen-bond acceptors (Lipinski definition) is 3. The zero-order valence-corrected chi connectivity index (χ0v) is 12.3. The number of rotatable bonds is 3. The fraction of sp³-hybridized carbons (Fsp3) is 0.429. The summed E-state index contributed by atoms with van der Waals surface area (Å²) in [5.74, 6) is 0.129. The average molecular weight is 270 g/mol. The standard InChI is InChI=1S/C7H6O2.C5H10OS.C2H6/c8-7(9)6-4-2-1-3-5-6;1-4(3-7)5(2)6;1-2/h1-5H,(H,8,9);4,7H,3H2,1-2H3;1-2H3. The van der Waals surface area contributed by atoms with Gasteiger partial charge in [0.1, 0.15) is 5.78 Å². The largest absolute Gasteiger partial charge is 0.478 e. The maximum Gasteiger partial charge on any atom is 0.335 e. The summed E-state index contributed by atoms with van der Waals surface area (Å²) >= 11 is 3.93. The van der Waals surface area contributed by atoms with E-state index in [-0.39, 0.29) is 11.7 Å². The maximum atomic E-state index is 10.3. The number of aromatic carboxylic acids is 1. The highest BCUT2D eigenvalue weighted by Gasteiger charge is 2.01. The van der Waals surface area contributed by atoms with Crippen molar-refractivity contribution in [2.24, 2.45) is 5.92 Å². The maximum absolute atomic E-state index is 10.3. The van der Waals surface area contributed by atoms with Crippen LogP contribution in [0.1, 0.15) is 38.1 Å². The molecule has 0 aliphatic heterocycles. The van der Waals surface area contributed by atoms with E-state index in [9.17, 15) is 9.59 Å². The van der Waals surface area contributed by atoms with E-state index in [2.05, 4.69) is 12.6 Å². The molecular weight excluding hydrogens is 248 g/mol. The summed E-state index contributed by atoms with van der Waals surface area (Å²) in [7, 11) is 0. The molecule has 0 aliphatic rings. The number of carbonyl (C=O) groups is 2. The molecule has 0 fully saturated rings. The lowest BCUT2D eigenvalue weighted by Gasteiger charge is -1.97. The van der Waals surface area contributed by atoms with Crippen LogP contribution in [0.3, 0.4) is 0 Å². The van der Waals surface area contributed by atoms with E-state index in [4.69, 9.17) is 5.11 Å². The van der Waals surface area contributed by atoms with Crippen molar-refractivity contribution < 1.29 is 14.7 Å². The molecule has 1 unspecified atom stereocenters. The van der Waals surface area contributed by atoms with Gasteiger partial charge < -0.3 is 5.11 Å². The fourth-order valence-electron chi connectivity index (χ4n) is 0.709. The highest BCUT2D eigenvalue weighted by Crippen LogP contribution is 1.97. The Morgan fingerprint density at radius 1 is 1.22 bits per heavy atom. The van der Waals surface area contributed by atoms with Gasteiger partial charge in [0, 0.05) is 5.92 Å². The predicted molar refractivity (Wildman–Crippen MR) is 78.4 cm³/mol. The van der Waals surface area contributed by atoms with Gasteiger partial charge in [-0.1, -0.05) is 39.0 Å². The van der Waals surface area contributed by atoms with Gasteiger partial charge in [-0.25, -0.2) is 4.79 Å². The molecule has 0 heterocycles. The first-order chi connectivity index (χ1) is 8.49. The minimum atomic E-state index is -0.879. The highest BCUT2D eigenvalue weighted by atomic mass is 32.1. The SMILES string of the molecule is CC.CC(=O)C(C)CS.O=C(O)c1ccccc1. The van der Waals surface area contributed by atoms with E-state index in [1.165, 1.54) is 0 Å². The molecule has 0 radical (unpaired) electrons. The average Bonchev–Trinajstić information content (AvgIpc) is 2.41. The predicted octanol–water partition coefficient (Wildman–Crippen LogP) is 3.55. The molecule has 3 nitrogen and oxygen atoms in total. The number of hydrogen-bond donors (Lipinski definition) is 2. The van der Waals surface area contributed by atoms with Gasteiger partial charge in [-0.3, -0.25) is 4.79 Å². The number of carboxylic acid groups (broad SMARTS) is 1. The van der Waals surface area contributed by atoms with Crippen LogP contribution < -0.4 is 0 Å². The Bertz CT molecular complexity index is 336. The van der Waals surface area contributed by atoms with Gasteiger partial charge >= 0.3 is 5.97 Å². The van der Waals surface area contributed by atoms with Gasteiger partial charge in [0.15, 0.2) is 0 Å². The summed E-state index contributed by atoms with van der Waals surface area (Å²) in [6.45, 7) is 7.45. The molecule has 0 spiro atoms. The molecule has 4 heteroatoms. The quantitative estimate of drug-likeness (QED) is 0.826. The molecule has 1 atom stereocenters. The highest BCUT2D eigenvalue weighted by molar-refractivity contribution is 7.80. The van der Waals surface area contributed by atoms with Gasteiger partial charge in [-0.15, -0.1) is 0 Å². The van der Waals surface area contributed by atoms with Crippen LogP contribution in [0.4, 0.5) is 0 Å². The Morgan fingerprint density at radius 3 is 1.83 bits per heavy atom. The zero-order valence-electron chi connectivity index (χ0n) is 11.4. The molecule has 0 aromatic heterocycles. The lowest BCUT2D eigenvalue weighted by molar-refractivity contribution is -0.119. The Kier molecular flexibility index (Phi) is 12.9. The van der Waals surface area contributed by atoms with Gasteiger partial charge in [0.25, 0.3) is 0 Å². The Labute approximate surface area is 115 Å². The zero-order chi connectivity index (χ0) is 14.6. The summed E-state index contributed by atoms with van der Waals surface area (Å²) < 4.78 is 0. The molecule has 18 heavy (non-hydrogen) atoms. The number of thiol groups is 1. The smallest absolute Gasteiger partial charge is 0.335 e. The molecule has 0 aliphatic carbocycles. The van der Waals surface area contributed by atoms with Crippen LogP contribution in [0.25, 0.3) is 0 Å². The molecule has 1 aromatic carbocycles. The summed E-state index contributed by atoms with van der Waals surface area (Å²) in [5, 5.41) is 8.38. The van der Waals surface area contributed by atoms with Crippen LogP contribution in [0.2, 0.25) is 0 Å². The molecular formula is C14H22O3S. The molecule has 0 bridgehead atoms. The number of Topliss-reactive ketones (excluding diaryl/α,β-unsaturated/α-hetero) is 1. The summed E-state index contributed by atoms with van der Waals surface area (Å²) in [5.41, 5.74) is 0.331. The minimum Gasteiger partial charge on any atom is -0.478 e. The normalized spacial score (nSPS) is 10.1. The van der Waals surface area contributed by atoms with Crippen molar-refractivity contribution >= 4 is 24.4 Å². The van der Waals surface area contributed by atoms with Crippen LogP contribution in [-0.2, 0) is 4.79 Å². The van der Waals surface area contributed by atoms with Crippen molar-refractivity contribution in [1.29, 1.82) is 0 Å². The van der Waals surface area contributed by atoms with E-state index in [1.807, 2.05) is 20.8 Å². The van der Waals surface area contributed by atoms with Crippen molar-refractivity contribution in [3.63, 3.8) is 0 Å². The third-order valence-electron chi connectivity index (χ3n) is 1.99. The lowest BCUT2D eigenvalue weighted by atomic mass is 10.1. The van der Waals surface area contributed by atoms with E-state index in [0.29, 0.717) is 11.3 Å². The summed E-state index contributed by atoms with van der Waals surface area (Å²) in [6, 6.07) is 8.30. The number of ketones is 1. The van der Waals surface area contributed by atoms with Crippen LogP contribution >= 0.6 is 12.6 Å². The van der Waals surface area contributed by atoms with E-state index in [1.54, 1.807) is 37.3 Å². The monoisotopic (exact) mass is 270 g/mol. The molecule has 1 aromatic rings. The molecule has 102 valence electrons. The molecule has 1 rings (SSSR count). The number of carboxylic acids is 1. The minimum absolute atomic E-state index is 0.128. The van der Waals surface area contributed by atoms with Crippen LogP contribution in [0, 0.1) is 5.92 Å². The summed E-state index contributed by atoms with van der Waals surface area (Å²) in [4.78, 5) is 20.5. The van der Waals surface area contributed by atoms with Crippen molar-refractivity contribution in [2.45, 2.75) is 27.7 Å². The third kappa shape index (κ3) is 9.90. The van der Waals surface area contributed by atoms with Gasteiger partial charge in [0.2, 0.25) is 0 Å². The van der Waals surface area contributed by atoms with Gasteiger partial charge in [-0.05, 0) is 24.8 Å². The third-order valence-corrected chi connectivity index (χ3v) is 2.54. The topological polar surface area (TPSA) is 54.4 Å². The Hall–Kier alpha value is -1.29. The van der Waals surface area contributed by atoms with Gasteiger partial charge in [-0.2, -0.15) is 12.6 Å². The molecule has 0 saturated heterocycles. The first kappa shape index (κ1) is 19.1. The Morgan fingerprint density at radius 2 is 1.67 bits per heavy atom. The van der Waals surface area contributed by atoms with Crippen LogP contribution in [0.5, 0.6) is 0 Å². The second-order valence-electron chi connectivity index (χ2n) is 3.37. The van der Waals surface area contributed by atoms with E-state index >= 15 is 0 Å². The molecule has 0 saturated carbocycles. The van der Waals surface area contributed by atoms with Crippen LogP contribution in [-0.4, -0.2) is 22.6 Å². The Balaban J connectivity index is 0. The van der Waals surface area contributed by atoms with E-state index < -0.39 is 5.97 Å². The molecule has 0 amide bonds. The van der Waals surface area contributed by atoms with E-state index in [0.717, 1.165) is 0 Å². The summed E-state index contributed by atoms with van der Waals surface area (Å²) in [6.07, 6.45) is 0. The van der Waals surface area contributed by atoms with Crippen LogP contribution in [0.15, 0.2) is 30.3 Å². The van der Waals surface area contributed by atoms with Crippen molar-refractivity contribution in [3.8, 4) is 0 Å². The van der Waals surface area contributed by atoms with Gasteiger partial charge in [0.05, 0.1) is 5.56 Å². The first-order valence-corrected chi connectivity index (χ1v) is 6.52. The number of carbonyl (C=O) groups excluding carboxylic acids is 1. The number of benzene rings is 1. The van der Waals surface area contributed by atoms with Crippen molar-refractivity contribution in [3.05, 3.63) is 35.9 Å². The molecule has 1 N–H and O–H groups in total. The van der Waals surface area contributed by atoms with Crippen molar-refractivity contribution in [2.75, 3.05) is 5.75 Å². The fourth-order valence-corrected chi connectivity index (χ4v) is 0.966. The van der Waals surface area contributed by atoms with Crippen molar-refractivity contribution in [1.82, 2.24) is 0 Å². The second-order valence-corrected chi connectivity index (χ2v) is 3.73.